The van der Waals surface area contributed by atoms with Crippen LogP contribution in [0, 0.1) is 0 Å². The van der Waals surface area contributed by atoms with Gasteiger partial charge in [0.15, 0.2) is 0 Å². The second kappa shape index (κ2) is 6.60. The zero-order valence-corrected chi connectivity index (χ0v) is 16.4. The van der Waals surface area contributed by atoms with E-state index in [-0.39, 0.29) is 0 Å². The Bertz CT molecular complexity index is 1340. The van der Waals surface area contributed by atoms with Crippen molar-refractivity contribution in [2.24, 2.45) is 0 Å². The van der Waals surface area contributed by atoms with Gasteiger partial charge in [0.1, 0.15) is 5.82 Å². The fourth-order valence-electron chi connectivity index (χ4n) is 3.50. The summed E-state index contributed by atoms with van der Waals surface area (Å²) in [6.07, 6.45) is 7.92. The number of hydrogen-bond donors (Lipinski definition) is 1. The molecule has 1 saturated carbocycles. The third-order valence-corrected chi connectivity index (χ3v) is 6.35. The van der Waals surface area contributed by atoms with Crippen molar-refractivity contribution >= 4 is 44.0 Å². The maximum atomic E-state index is 4.90. The van der Waals surface area contributed by atoms with Gasteiger partial charge in [0.25, 0.3) is 0 Å². The molecule has 29 heavy (non-hydrogen) atoms. The van der Waals surface area contributed by atoms with Gasteiger partial charge >= 0.3 is 0 Å². The van der Waals surface area contributed by atoms with Crippen LogP contribution in [-0.2, 0) is 0 Å². The Morgan fingerprint density at radius 3 is 2.66 bits per heavy atom. The predicted molar refractivity (Wildman–Crippen MR) is 118 cm³/mol. The molecule has 1 aromatic carbocycles. The van der Waals surface area contributed by atoms with E-state index in [9.17, 15) is 0 Å². The van der Waals surface area contributed by atoms with Crippen molar-refractivity contribution in [2.75, 3.05) is 5.32 Å². The normalized spacial score (nSPS) is 13.8. The Morgan fingerprint density at radius 2 is 1.79 bits per heavy atom. The molecule has 0 radical (unpaired) electrons. The van der Waals surface area contributed by atoms with Crippen molar-refractivity contribution in [1.29, 1.82) is 0 Å². The topological polar surface area (TPSA) is 63.6 Å². The van der Waals surface area contributed by atoms with Gasteiger partial charge in [0.05, 0.1) is 26.4 Å². The fourth-order valence-corrected chi connectivity index (χ4v) is 4.68. The molecule has 0 aliphatic heterocycles. The lowest BCUT2D eigenvalue weighted by Crippen LogP contribution is -1.97. The fraction of sp³-hybridized carbons (Fsp3) is 0.130. The molecule has 6 rings (SSSR count). The molecular formula is C23H17N5S. The first-order chi connectivity index (χ1) is 14.3. The number of fused-ring (bicyclic) bond motifs is 2. The number of aromatic nitrogens is 4. The van der Waals surface area contributed by atoms with E-state index in [0.717, 1.165) is 39.2 Å². The SMILES string of the molecule is c1cnc2cc(-c3ccncc3)nc(Nc3ccc4nc(C5CC5)sc4c3)c2c1. The third kappa shape index (κ3) is 3.11. The maximum Gasteiger partial charge on any atom is 0.140 e. The van der Waals surface area contributed by atoms with Gasteiger partial charge in [-0.3, -0.25) is 9.97 Å². The Morgan fingerprint density at radius 1 is 0.897 bits per heavy atom. The summed E-state index contributed by atoms with van der Waals surface area (Å²) in [5.41, 5.74) is 4.88. The number of pyridine rings is 3. The minimum Gasteiger partial charge on any atom is -0.340 e. The summed E-state index contributed by atoms with van der Waals surface area (Å²) < 4.78 is 1.21. The molecule has 1 aliphatic carbocycles. The van der Waals surface area contributed by atoms with E-state index in [4.69, 9.17) is 9.97 Å². The van der Waals surface area contributed by atoms with E-state index in [2.05, 4.69) is 33.5 Å². The van der Waals surface area contributed by atoms with Gasteiger partial charge in [-0.25, -0.2) is 9.97 Å². The summed E-state index contributed by atoms with van der Waals surface area (Å²) in [6, 6.07) is 16.3. The number of benzene rings is 1. The van der Waals surface area contributed by atoms with E-state index < -0.39 is 0 Å². The van der Waals surface area contributed by atoms with Gasteiger partial charge in [-0.2, -0.15) is 0 Å². The van der Waals surface area contributed by atoms with E-state index in [1.54, 1.807) is 23.7 Å². The minimum absolute atomic E-state index is 0.678. The molecule has 5 nitrogen and oxygen atoms in total. The molecule has 0 spiro atoms. The molecule has 0 bridgehead atoms. The summed E-state index contributed by atoms with van der Waals surface area (Å²) in [4.78, 5) is 18.3. The van der Waals surface area contributed by atoms with Crippen molar-refractivity contribution in [3.8, 4) is 11.3 Å². The average Bonchev–Trinajstić information content (AvgIpc) is 3.53. The van der Waals surface area contributed by atoms with E-state index in [0.29, 0.717) is 5.92 Å². The molecule has 4 aromatic heterocycles. The first kappa shape index (κ1) is 16.6. The second-order valence-corrected chi connectivity index (χ2v) is 8.36. The Kier molecular flexibility index (Phi) is 3.77. The lowest BCUT2D eigenvalue weighted by atomic mass is 10.1. The van der Waals surface area contributed by atoms with Crippen LogP contribution in [0.1, 0.15) is 23.8 Å². The van der Waals surface area contributed by atoms with Crippen molar-refractivity contribution in [3.05, 3.63) is 72.1 Å². The van der Waals surface area contributed by atoms with Crippen molar-refractivity contribution in [3.63, 3.8) is 0 Å². The Balaban J connectivity index is 1.44. The van der Waals surface area contributed by atoms with Crippen molar-refractivity contribution in [2.45, 2.75) is 18.8 Å². The van der Waals surface area contributed by atoms with Gasteiger partial charge in [-0.05, 0) is 61.4 Å². The molecule has 0 unspecified atom stereocenters. The quantitative estimate of drug-likeness (QED) is 0.409. The molecule has 140 valence electrons. The van der Waals surface area contributed by atoms with Crippen LogP contribution in [0.5, 0.6) is 0 Å². The molecule has 1 fully saturated rings. The maximum absolute atomic E-state index is 4.90. The van der Waals surface area contributed by atoms with Crippen LogP contribution in [0.2, 0.25) is 0 Å². The monoisotopic (exact) mass is 395 g/mol. The Hall–Kier alpha value is -3.38. The second-order valence-electron chi connectivity index (χ2n) is 7.30. The summed E-state index contributed by atoms with van der Waals surface area (Å²) in [6.45, 7) is 0. The highest BCUT2D eigenvalue weighted by Crippen LogP contribution is 2.43. The zero-order chi connectivity index (χ0) is 19.2. The minimum atomic E-state index is 0.678. The van der Waals surface area contributed by atoms with E-state index in [1.165, 1.54) is 22.5 Å². The first-order valence-corrected chi connectivity index (χ1v) is 10.5. The van der Waals surface area contributed by atoms with Crippen LogP contribution in [-0.4, -0.2) is 19.9 Å². The smallest absolute Gasteiger partial charge is 0.140 e. The number of hydrogen-bond acceptors (Lipinski definition) is 6. The number of anilines is 2. The number of nitrogens with one attached hydrogen (secondary N) is 1. The Labute approximate surface area is 171 Å². The van der Waals surface area contributed by atoms with Crippen LogP contribution in [0.15, 0.2) is 67.1 Å². The standard InChI is InChI=1S/C23H17N5S/c1-2-17-20(25-9-1)13-19(14-7-10-24-11-8-14)27-22(17)26-16-5-6-18-21(12-16)29-23(28-18)15-3-4-15/h1-2,5-13,15H,3-4H2,(H,26,27). The molecule has 1 aliphatic rings. The van der Waals surface area contributed by atoms with Gasteiger partial charge in [0.2, 0.25) is 0 Å². The lowest BCUT2D eigenvalue weighted by molar-refractivity contribution is 1.10. The molecular weight excluding hydrogens is 378 g/mol. The largest absolute Gasteiger partial charge is 0.340 e. The van der Waals surface area contributed by atoms with Gasteiger partial charge in [-0.15, -0.1) is 11.3 Å². The van der Waals surface area contributed by atoms with Gasteiger partial charge in [0, 0.05) is 41.1 Å². The predicted octanol–water partition coefficient (Wildman–Crippen LogP) is 5.92. The van der Waals surface area contributed by atoms with Crippen LogP contribution < -0.4 is 5.32 Å². The molecule has 0 amide bonds. The molecule has 0 saturated heterocycles. The van der Waals surface area contributed by atoms with Crippen molar-refractivity contribution in [1.82, 2.24) is 19.9 Å². The van der Waals surface area contributed by atoms with E-state index >= 15 is 0 Å². The molecule has 0 atom stereocenters. The third-order valence-electron chi connectivity index (χ3n) is 5.17. The average molecular weight is 395 g/mol. The number of thiazole rings is 1. The zero-order valence-electron chi connectivity index (χ0n) is 15.5. The van der Waals surface area contributed by atoms with Crippen molar-refractivity contribution < 1.29 is 0 Å². The highest BCUT2D eigenvalue weighted by molar-refractivity contribution is 7.18. The van der Waals surface area contributed by atoms with E-state index in [1.807, 2.05) is 36.5 Å². The molecule has 1 N–H and O–H groups in total. The van der Waals surface area contributed by atoms with Crippen LogP contribution in [0.25, 0.3) is 32.4 Å². The lowest BCUT2D eigenvalue weighted by Gasteiger charge is -2.11. The van der Waals surface area contributed by atoms with Gasteiger partial charge < -0.3 is 5.32 Å². The number of nitrogens with zero attached hydrogens (tertiary/aromatic N) is 4. The van der Waals surface area contributed by atoms with Crippen LogP contribution in [0.3, 0.4) is 0 Å². The summed E-state index contributed by atoms with van der Waals surface area (Å²) in [5, 5.41) is 5.78. The highest BCUT2D eigenvalue weighted by Gasteiger charge is 2.27. The van der Waals surface area contributed by atoms with Crippen LogP contribution in [0.4, 0.5) is 11.5 Å². The summed E-state index contributed by atoms with van der Waals surface area (Å²) in [7, 11) is 0. The summed E-state index contributed by atoms with van der Waals surface area (Å²) in [5.74, 6) is 1.48. The van der Waals surface area contributed by atoms with Crippen LogP contribution >= 0.6 is 11.3 Å². The molecule has 5 aromatic rings. The first-order valence-electron chi connectivity index (χ1n) is 9.67. The van der Waals surface area contributed by atoms with Gasteiger partial charge in [-0.1, -0.05) is 0 Å². The summed E-state index contributed by atoms with van der Waals surface area (Å²) >= 11 is 1.81. The number of rotatable bonds is 4. The molecule has 4 heterocycles. The molecule has 6 heteroatoms. The highest BCUT2D eigenvalue weighted by atomic mass is 32.1.